The molecule has 4 nitrogen and oxygen atoms in total. The second-order valence-electron chi connectivity index (χ2n) is 3.93. The maximum atomic E-state index is 2.30. The first-order valence-corrected chi connectivity index (χ1v) is 5.98. The first kappa shape index (κ1) is 17.0. The molecule has 88 valence electrons. The van der Waals surface area contributed by atoms with Crippen molar-refractivity contribution in [3.63, 3.8) is 0 Å². The second kappa shape index (κ2) is 6.21. The molecule has 0 radical (unpaired) electrons. The molecule has 0 atom stereocenters. The van der Waals surface area contributed by atoms with Gasteiger partial charge in [-0.05, 0) is 0 Å². The van der Waals surface area contributed by atoms with Crippen LogP contribution in [0.25, 0.3) is 0 Å². The lowest BCUT2D eigenvalue weighted by atomic mass is 11.2. The van der Waals surface area contributed by atoms with Crippen LogP contribution in [0, 0.1) is 0 Å². The number of hydrogen-bond donors (Lipinski definition) is 0. The highest BCUT2D eigenvalue weighted by Crippen LogP contribution is 2.64. The van der Waals surface area contributed by atoms with Crippen molar-refractivity contribution in [2.75, 3.05) is 56.4 Å². The van der Waals surface area contributed by atoms with E-state index >= 15 is 0 Å². The lowest BCUT2D eigenvalue weighted by molar-refractivity contribution is -0.00000317. The van der Waals surface area contributed by atoms with Crippen molar-refractivity contribution in [3.05, 3.63) is 0 Å². The monoisotopic (exact) mass is 242 g/mol. The maximum absolute atomic E-state index is 2.30. The quantitative estimate of drug-likeness (QED) is 0.525. The van der Waals surface area contributed by atoms with E-state index in [0.717, 1.165) is 0 Å². The van der Waals surface area contributed by atoms with Crippen molar-refractivity contribution in [1.82, 2.24) is 18.7 Å². The summed E-state index contributed by atoms with van der Waals surface area (Å²) in [6.45, 7) is 0. The van der Waals surface area contributed by atoms with Crippen LogP contribution in [-0.2, 0) is 0 Å². The highest BCUT2D eigenvalue weighted by atomic mass is 35.5. The number of hydrogen-bond acceptors (Lipinski definition) is 4. The van der Waals surface area contributed by atoms with Crippen LogP contribution in [0.3, 0.4) is 0 Å². The molecule has 0 fully saturated rings. The van der Waals surface area contributed by atoms with Gasteiger partial charge < -0.3 is 12.4 Å². The summed E-state index contributed by atoms with van der Waals surface area (Å²) >= 11 is 0. The Kier molecular flexibility index (Phi) is 7.53. The molecule has 6 heteroatoms. The van der Waals surface area contributed by atoms with Crippen molar-refractivity contribution in [1.29, 1.82) is 0 Å². The smallest absolute Gasteiger partial charge is 0.306 e. The molecule has 0 aliphatic carbocycles. The summed E-state index contributed by atoms with van der Waals surface area (Å²) in [6.07, 6.45) is 0. The van der Waals surface area contributed by atoms with E-state index in [0.29, 0.717) is 0 Å². The van der Waals surface area contributed by atoms with Crippen LogP contribution in [0.1, 0.15) is 0 Å². The van der Waals surface area contributed by atoms with Crippen molar-refractivity contribution in [3.8, 4) is 0 Å². The number of halogens is 1. The molecular weight excluding hydrogens is 219 g/mol. The Bertz CT molecular complexity index is 124. The molecule has 0 heterocycles. The van der Waals surface area contributed by atoms with Crippen LogP contribution in [-0.4, -0.2) is 75.1 Å². The van der Waals surface area contributed by atoms with Gasteiger partial charge in [0.1, 0.15) is 0 Å². The zero-order valence-electron chi connectivity index (χ0n) is 10.6. The minimum Gasteiger partial charge on any atom is -1.00 e. The molecule has 14 heavy (non-hydrogen) atoms. The van der Waals surface area contributed by atoms with Gasteiger partial charge in [0, 0.05) is 56.4 Å². The summed E-state index contributed by atoms with van der Waals surface area (Å²) in [4.78, 5) is 0. The standard InChI is InChI=1S/C8H24N4P.ClH/c1-9(2)13(10(3)4,11(5)6)12(7)8;/h1-8H3;1H/q+1;/p-1. The molecule has 0 spiro atoms. The first-order chi connectivity index (χ1) is 5.77. The van der Waals surface area contributed by atoms with Crippen LogP contribution < -0.4 is 12.4 Å². The number of nitrogens with zero attached hydrogens (tertiary/aromatic N) is 4. The van der Waals surface area contributed by atoms with Gasteiger partial charge in [-0.15, -0.1) is 18.7 Å². The summed E-state index contributed by atoms with van der Waals surface area (Å²) in [6, 6.07) is 0. The first-order valence-electron chi connectivity index (χ1n) is 4.38. The van der Waals surface area contributed by atoms with Gasteiger partial charge in [0.25, 0.3) is 0 Å². The predicted octanol–water partition coefficient (Wildman–Crippen LogP) is -2.09. The van der Waals surface area contributed by atoms with Gasteiger partial charge in [-0.25, -0.2) is 0 Å². The zero-order chi connectivity index (χ0) is 10.8. The molecular formula is C8H24ClN4P. The van der Waals surface area contributed by atoms with Gasteiger partial charge in [-0.3, -0.25) is 0 Å². The van der Waals surface area contributed by atoms with Crippen LogP contribution in [0.5, 0.6) is 0 Å². The van der Waals surface area contributed by atoms with Gasteiger partial charge in [-0.1, -0.05) is 0 Å². The fourth-order valence-electron chi connectivity index (χ4n) is 2.15. The molecule has 0 aromatic carbocycles. The zero-order valence-corrected chi connectivity index (χ0v) is 12.3. The van der Waals surface area contributed by atoms with Gasteiger partial charge in [0.2, 0.25) is 0 Å². The molecule has 0 aliphatic heterocycles. The maximum Gasteiger partial charge on any atom is 0.306 e. The second-order valence-corrected chi connectivity index (χ2v) is 8.20. The Hall–Kier alpha value is 0.560. The van der Waals surface area contributed by atoms with Crippen LogP contribution in [0.2, 0.25) is 0 Å². The van der Waals surface area contributed by atoms with Crippen molar-refractivity contribution in [2.45, 2.75) is 0 Å². The highest BCUT2D eigenvalue weighted by Gasteiger charge is 2.50. The molecule has 0 rings (SSSR count). The van der Waals surface area contributed by atoms with E-state index in [2.05, 4.69) is 75.1 Å². The van der Waals surface area contributed by atoms with Crippen LogP contribution in [0.15, 0.2) is 0 Å². The average molecular weight is 243 g/mol. The fraction of sp³-hybridized carbons (Fsp3) is 1.00. The van der Waals surface area contributed by atoms with E-state index in [4.69, 9.17) is 0 Å². The average Bonchev–Trinajstić information content (AvgIpc) is 1.82. The van der Waals surface area contributed by atoms with Crippen LogP contribution in [0.4, 0.5) is 0 Å². The van der Waals surface area contributed by atoms with E-state index < -0.39 is 7.87 Å². The van der Waals surface area contributed by atoms with E-state index in [-0.39, 0.29) is 12.4 Å². The van der Waals surface area contributed by atoms with Crippen LogP contribution >= 0.6 is 7.87 Å². The van der Waals surface area contributed by atoms with Crippen molar-refractivity contribution in [2.24, 2.45) is 0 Å². The summed E-state index contributed by atoms with van der Waals surface area (Å²) < 4.78 is 9.19. The molecule has 0 saturated carbocycles. The van der Waals surface area contributed by atoms with Crippen molar-refractivity contribution >= 4 is 7.87 Å². The minimum absolute atomic E-state index is 0. The number of rotatable bonds is 4. The topological polar surface area (TPSA) is 13.0 Å². The molecule has 0 aromatic heterocycles. The Morgan fingerprint density at radius 2 is 0.643 bits per heavy atom. The molecule has 0 amide bonds. The summed E-state index contributed by atoms with van der Waals surface area (Å²) in [5, 5.41) is 0. The Morgan fingerprint density at radius 3 is 0.643 bits per heavy atom. The van der Waals surface area contributed by atoms with E-state index in [1.807, 2.05) is 0 Å². The van der Waals surface area contributed by atoms with Gasteiger partial charge >= 0.3 is 7.87 Å². The largest absolute Gasteiger partial charge is 1.00 e. The lowest BCUT2D eigenvalue weighted by Gasteiger charge is -2.42. The van der Waals surface area contributed by atoms with E-state index in [1.165, 1.54) is 0 Å². The van der Waals surface area contributed by atoms with E-state index in [1.54, 1.807) is 0 Å². The minimum atomic E-state index is -1.45. The van der Waals surface area contributed by atoms with Crippen molar-refractivity contribution < 1.29 is 12.4 Å². The SMILES string of the molecule is CN(C)[P+](N(C)C)(N(C)C)N(C)C.[Cl-]. The molecule has 0 aliphatic rings. The summed E-state index contributed by atoms with van der Waals surface area (Å²) in [5.74, 6) is 0. The molecule has 0 unspecified atom stereocenters. The fourth-order valence-corrected chi connectivity index (χ4v) is 6.44. The third kappa shape index (κ3) is 2.78. The Labute approximate surface area is 95.8 Å². The van der Waals surface area contributed by atoms with Gasteiger partial charge in [0.15, 0.2) is 0 Å². The Morgan fingerprint density at radius 1 is 0.500 bits per heavy atom. The third-order valence-corrected chi connectivity index (χ3v) is 6.44. The molecule has 0 bridgehead atoms. The summed E-state index contributed by atoms with van der Waals surface area (Å²) in [7, 11) is 15.6. The molecule has 0 saturated heterocycles. The Balaban J connectivity index is 0. The van der Waals surface area contributed by atoms with Gasteiger partial charge in [-0.2, -0.15) is 0 Å². The highest BCUT2D eigenvalue weighted by molar-refractivity contribution is 7.66. The third-order valence-electron chi connectivity index (χ3n) is 2.15. The van der Waals surface area contributed by atoms with Gasteiger partial charge in [0.05, 0.1) is 0 Å². The lowest BCUT2D eigenvalue weighted by Crippen LogP contribution is -3.00. The normalized spacial score (nSPS) is 12.9. The van der Waals surface area contributed by atoms with E-state index in [9.17, 15) is 0 Å². The predicted molar refractivity (Wildman–Crippen MR) is 61.7 cm³/mol. The summed E-state index contributed by atoms with van der Waals surface area (Å²) in [5.41, 5.74) is 0. The molecule has 0 aromatic rings. The molecule has 0 N–H and O–H groups in total.